The van der Waals surface area contributed by atoms with E-state index in [2.05, 4.69) is 15.3 Å². The van der Waals surface area contributed by atoms with Gasteiger partial charge >= 0.3 is 6.18 Å². The van der Waals surface area contributed by atoms with Gasteiger partial charge in [0.2, 0.25) is 0 Å². The van der Waals surface area contributed by atoms with Crippen LogP contribution >= 0.6 is 0 Å². The van der Waals surface area contributed by atoms with E-state index in [-0.39, 0.29) is 5.56 Å². The van der Waals surface area contributed by atoms with Gasteiger partial charge in [-0.1, -0.05) is 0 Å². The Labute approximate surface area is 106 Å². The summed E-state index contributed by atoms with van der Waals surface area (Å²) in [5.41, 5.74) is 0.236. The molecule has 0 saturated heterocycles. The van der Waals surface area contributed by atoms with Crippen molar-refractivity contribution in [1.82, 2.24) is 9.97 Å². The molecule has 0 aliphatic carbocycles. The van der Waals surface area contributed by atoms with Crippen molar-refractivity contribution in [3.63, 3.8) is 0 Å². The molecule has 0 fully saturated rings. The number of H-pyrrole nitrogens is 1. The molecule has 0 unspecified atom stereocenters. The maximum Gasteiger partial charge on any atom is 0.416 e. The van der Waals surface area contributed by atoms with Gasteiger partial charge in [-0.15, -0.1) is 0 Å². The molecule has 0 aliphatic rings. The van der Waals surface area contributed by atoms with Crippen LogP contribution in [-0.2, 0) is 12.7 Å². The van der Waals surface area contributed by atoms with Crippen LogP contribution in [0.15, 0.2) is 30.7 Å². The largest absolute Gasteiger partial charge is 0.416 e. The Morgan fingerprint density at radius 3 is 2.74 bits per heavy atom. The van der Waals surface area contributed by atoms with E-state index in [9.17, 15) is 13.2 Å². The Morgan fingerprint density at radius 2 is 2.16 bits per heavy atom. The Hall–Kier alpha value is -2.49. The fraction of sp³-hybridized carbons (Fsp3) is 0.167. The van der Waals surface area contributed by atoms with E-state index in [0.717, 1.165) is 17.8 Å². The Bertz CT molecular complexity index is 596. The number of aromatic nitrogens is 2. The standard InChI is InChI=1S/C12H9F3N4/c13-12(14,15)9-1-2-11(8(3-9)4-16)18-6-10-5-17-7-19-10/h1-3,5,7,18H,6H2,(H,17,19). The minimum atomic E-state index is -4.45. The number of halogens is 3. The van der Waals surface area contributed by atoms with E-state index in [1.54, 1.807) is 12.3 Å². The van der Waals surface area contributed by atoms with Crippen molar-refractivity contribution >= 4 is 5.69 Å². The van der Waals surface area contributed by atoms with E-state index < -0.39 is 11.7 Å². The molecule has 2 aromatic rings. The number of anilines is 1. The van der Waals surface area contributed by atoms with Crippen LogP contribution in [0, 0.1) is 11.3 Å². The van der Waals surface area contributed by atoms with Gasteiger partial charge in [0.15, 0.2) is 0 Å². The number of imidazole rings is 1. The van der Waals surface area contributed by atoms with Crippen molar-refractivity contribution in [1.29, 1.82) is 5.26 Å². The monoisotopic (exact) mass is 266 g/mol. The molecule has 1 aromatic heterocycles. The van der Waals surface area contributed by atoms with Gasteiger partial charge in [-0.3, -0.25) is 0 Å². The molecule has 0 bridgehead atoms. The third-order valence-electron chi connectivity index (χ3n) is 2.49. The minimum absolute atomic E-state index is 0.0469. The number of hydrogen-bond acceptors (Lipinski definition) is 3. The van der Waals surface area contributed by atoms with Gasteiger partial charge in [-0.25, -0.2) is 4.98 Å². The highest BCUT2D eigenvalue weighted by Gasteiger charge is 2.31. The van der Waals surface area contributed by atoms with Crippen LogP contribution in [0.2, 0.25) is 0 Å². The molecule has 0 spiro atoms. The van der Waals surface area contributed by atoms with Crippen molar-refractivity contribution in [2.45, 2.75) is 12.7 Å². The molecule has 0 atom stereocenters. The third kappa shape index (κ3) is 3.04. The quantitative estimate of drug-likeness (QED) is 0.897. The molecule has 0 aliphatic heterocycles. The molecule has 0 saturated carbocycles. The summed E-state index contributed by atoms with van der Waals surface area (Å²) in [6.45, 7) is 0.347. The number of alkyl halides is 3. The smallest absolute Gasteiger partial charge is 0.378 e. The summed E-state index contributed by atoms with van der Waals surface area (Å²) >= 11 is 0. The highest BCUT2D eigenvalue weighted by atomic mass is 19.4. The maximum atomic E-state index is 12.5. The molecular formula is C12H9F3N4. The SMILES string of the molecule is N#Cc1cc(C(F)(F)F)ccc1NCc1cnc[nH]1. The Balaban J connectivity index is 2.20. The number of rotatable bonds is 3. The number of aromatic amines is 1. The number of nitrogens with one attached hydrogen (secondary N) is 2. The lowest BCUT2D eigenvalue weighted by atomic mass is 10.1. The number of benzene rings is 1. The van der Waals surface area contributed by atoms with Crippen molar-refractivity contribution in [3.05, 3.63) is 47.5 Å². The Morgan fingerprint density at radius 1 is 1.37 bits per heavy atom. The highest BCUT2D eigenvalue weighted by Crippen LogP contribution is 2.31. The first-order valence-corrected chi connectivity index (χ1v) is 5.33. The zero-order chi connectivity index (χ0) is 13.9. The van der Waals surface area contributed by atoms with Crippen LogP contribution in [0.4, 0.5) is 18.9 Å². The van der Waals surface area contributed by atoms with Crippen LogP contribution in [0.5, 0.6) is 0 Å². The van der Waals surface area contributed by atoms with Crippen LogP contribution in [0.1, 0.15) is 16.8 Å². The fourth-order valence-corrected chi connectivity index (χ4v) is 1.54. The molecule has 1 heterocycles. The summed E-state index contributed by atoms with van der Waals surface area (Å²) in [5.74, 6) is 0. The minimum Gasteiger partial charge on any atom is -0.378 e. The van der Waals surface area contributed by atoms with E-state index in [1.807, 2.05) is 0 Å². The summed E-state index contributed by atoms with van der Waals surface area (Å²) in [6.07, 6.45) is -1.37. The zero-order valence-electron chi connectivity index (χ0n) is 9.62. The molecular weight excluding hydrogens is 257 g/mol. The van der Waals surface area contributed by atoms with Crippen LogP contribution < -0.4 is 5.32 Å². The second kappa shape index (κ2) is 5.02. The van der Waals surface area contributed by atoms with Gasteiger partial charge in [-0.05, 0) is 18.2 Å². The number of hydrogen-bond donors (Lipinski definition) is 2. The third-order valence-corrected chi connectivity index (χ3v) is 2.49. The average Bonchev–Trinajstić information content (AvgIpc) is 2.88. The molecule has 7 heteroatoms. The second-order valence-electron chi connectivity index (χ2n) is 3.80. The van der Waals surface area contributed by atoms with E-state index in [1.165, 1.54) is 12.4 Å². The Kier molecular flexibility index (Phi) is 3.42. The number of nitrogens with zero attached hydrogens (tertiary/aromatic N) is 2. The van der Waals surface area contributed by atoms with E-state index in [4.69, 9.17) is 5.26 Å². The van der Waals surface area contributed by atoms with Crippen molar-refractivity contribution < 1.29 is 13.2 Å². The summed E-state index contributed by atoms with van der Waals surface area (Å²) in [7, 11) is 0. The van der Waals surface area contributed by atoms with Crippen molar-refractivity contribution in [2.24, 2.45) is 0 Å². The fourth-order valence-electron chi connectivity index (χ4n) is 1.54. The van der Waals surface area contributed by atoms with Gasteiger partial charge in [0.1, 0.15) is 6.07 Å². The van der Waals surface area contributed by atoms with Crippen LogP contribution in [0.3, 0.4) is 0 Å². The summed E-state index contributed by atoms with van der Waals surface area (Å²) in [5, 5.41) is 11.8. The topological polar surface area (TPSA) is 64.5 Å². The molecule has 19 heavy (non-hydrogen) atoms. The molecule has 2 N–H and O–H groups in total. The van der Waals surface area contributed by atoms with Gasteiger partial charge in [0.25, 0.3) is 0 Å². The van der Waals surface area contributed by atoms with Crippen molar-refractivity contribution in [3.8, 4) is 6.07 Å². The van der Waals surface area contributed by atoms with Gasteiger partial charge in [0.05, 0.1) is 35.4 Å². The number of nitriles is 1. The van der Waals surface area contributed by atoms with Crippen molar-refractivity contribution in [2.75, 3.05) is 5.32 Å². The van der Waals surface area contributed by atoms with Gasteiger partial charge in [-0.2, -0.15) is 18.4 Å². The summed E-state index contributed by atoms with van der Waals surface area (Å²) in [4.78, 5) is 6.66. The lowest BCUT2D eigenvalue weighted by Crippen LogP contribution is -2.07. The maximum absolute atomic E-state index is 12.5. The second-order valence-corrected chi connectivity index (χ2v) is 3.80. The first-order chi connectivity index (χ1) is 9.00. The molecule has 1 aromatic carbocycles. The lowest BCUT2D eigenvalue weighted by Gasteiger charge is -2.11. The van der Waals surface area contributed by atoms with Crippen LogP contribution in [-0.4, -0.2) is 9.97 Å². The molecule has 0 amide bonds. The molecule has 4 nitrogen and oxygen atoms in total. The zero-order valence-corrected chi connectivity index (χ0v) is 9.62. The predicted octanol–water partition coefficient (Wildman–Crippen LogP) is 2.91. The molecule has 0 radical (unpaired) electrons. The average molecular weight is 266 g/mol. The lowest BCUT2D eigenvalue weighted by molar-refractivity contribution is -0.137. The predicted molar refractivity (Wildman–Crippen MR) is 62.1 cm³/mol. The summed E-state index contributed by atoms with van der Waals surface area (Å²) in [6, 6.07) is 4.77. The first-order valence-electron chi connectivity index (χ1n) is 5.33. The molecule has 98 valence electrons. The first kappa shape index (κ1) is 13.0. The van der Waals surface area contributed by atoms with Gasteiger partial charge < -0.3 is 10.3 Å². The normalized spacial score (nSPS) is 11.1. The van der Waals surface area contributed by atoms with Gasteiger partial charge in [0, 0.05) is 6.20 Å². The van der Waals surface area contributed by atoms with E-state index in [0.29, 0.717) is 12.2 Å². The highest BCUT2D eigenvalue weighted by molar-refractivity contribution is 5.59. The van der Waals surface area contributed by atoms with E-state index >= 15 is 0 Å². The molecule has 2 rings (SSSR count). The summed E-state index contributed by atoms with van der Waals surface area (Å²) < 4.78 is 37.5. The van der Waals surface area contributed by atoms with Crippen LogP contribution in [0.25, 0.3) is 0 Å².